The predicted octanol–water partition coefficient (Wildman–Crippen LogP) is 5.82. The van der Waals surface area contributed by atoms with Crippen LogP contribution in [0.5, 0.6) is 0 Å². The Morgan fingerprint density at radius 1 is 0.846 bits per heavy atom. The average Bonchev–Trinajstić information content (AvgIpc) is 3.30. The second-order valence-corrected chi connectivity index (χ2v) is 7.33. The molecule has 0 spiro atoms. The Morgan fingerprint density at radius 3 is 2.12 bits per heavy atom. The highest BCUT2D eigenvalue weighted by Crippen LogP contribution is 2.38. The molecule has 1 aromatic heterocycles. The number of hydrogen-bond acceptors (Lipinski definition) is 1. The van der Waals surface area contributed by atoms with Crippen molar-refractivity contribution in [2.45, 2.75) is 32.6 Å². The normalized spacial score (nSPS) is 14.4. The van der Waals surface area contributed by atoms with Gasteiger partial charge in [-0.3, -0.25) is 4.68 Å². The third-order valence-corrected chi connectivity index (χ3v) is 5.16. The van der Waals surface area contributed by atoms with Gasteiger partial charge in [-0.2, -0.15) is 0 Å². The molecule has 0 unspecified atom stereocenters. The number of nitrogens with zero attached hydrogens (tertiary/aromatic N) is 2. The molecule has 0 radical (unpaired) electrons. The van der Waals surface area contributed by atoms with Gasteiger partial charge in [-0.15, -0.1) is 0 Å². The topological polar surface area (TPSA) is 8.17 Å². The molecule has 2 nitrogen and oxygen atoms in total. The maximum atomic E-state index is 13.5. The van der Waals surface area contributed by atoms with Crippen LogP contribution in [0.2, 0.25) is 0 Å². The highest BCUT2D eigenvalue weighted by atomic mass is 19.1. The summed E-state index contributed by atoms with van der Waals surface area (Å²) in [5, 5.41) is 2.46. The molecule has 0 atom stereocenters. The van der Waals surface area contributed by atoms with E-state index in [4.69, 9.17) is 0 Å². The Bertz CT molecular complexity index is 873. The number of rotatable bonds is 4. The van der Waals surface area contributed by atoms with Crippen molar-refractivity contribution in [2.24, 2.45) is 0 Å². The Balaban J connectivity index is 1.98. The first-order chi connectivity index (χ1) is 12.6. The molecule has 0 bridgehead atoms. The SMILES string of the molecule is CC(C)c1cc(-c2ccc(F)cc2)c(-c2ccccc2)n1N1CCCC1. The third-order valence-electron chi connectivity index (χ3n) is 5.16. The van der Waals surface area contributed by atoms with Crippen LogP contribution in [0.25, 0.3) is 22.4 Å². The van der Waals surface area contributed by atoms with Crippen LogP contribution in [0, 0.1) is 5.82 Å². The second kappa shape index (κ2) is 6.99. The van der Waals surface area contributed by atoms with Crippen molar-refractivity contribution in [1.82, 2.24) is 4.68 Å². The van der Waals surface area contributed by atoms with Crippen LogP contribution in [-0.2, 0) is 0 Å². The van der Waals surface area contributed by atoms with Crippen LogP contribution < -0.4 is 5.01 Å². The predicted molar refractivity (Wildman–Crippen MR) is 107 cm³/mol. The highest BCUT2D eigenvalue weighted by Gasteiger charge is 2.24. The van der Waals surface area contributed by atoms with E-state index < -0.39 is 0 Å². The molecule has 0 aliphatic carbocycles. The van der Waals surface area contributed by atoms with Gasteiger partial charge in [-0.25, -0.2) is 4.39 Å². The Kier molecular flexibility index (Phi) is 4.54. The molecule has 3 aromatic rings. The van der Waals surface area contributed by atoms with Crippen molar-refractivity contribution in [1.29, 1.82) is 0 Å². The molecule has 1 saturated heterocycles. The summed E-state index contributed by atoms with van der Waals surface area (Å²) < 4.78 is 15.9. The minimum atomic E-state index is -0.196. The summed E-state index contributed by atoms with van der Waals surface area (Å²) in [5.41, 5.74) is 5.95. The van der Waals surface area contributed by atoms with Crippen molar-refractivity contribution < 1.29 is 4.39 Å². The van der Waals surface area contributed by atoms with E-state index in [1.165, 1.54) is 35.4 Å². The van der Waals surface area contributed by atoms with Gasteiger partial charge in [0.2, 0.25) is 0 Å². The Labute approximate surface area is 154 Å². The van der Waals surface area contributed by atoms with Gasteiger partial charge in [0.25, 0.3) is 0 Å². The molecule has 4 rings (SSSR count). The van der Waals surface area contributed by atoms with E-state index in [0.717, 1.165) is 18.7 Å². The van der Waals surface area contributed by atoms with E-state index in [1.54, 1.807) is 12.1 Å². The smallest absolute Gasteiger partial charge is 0.123 e. The van der Waals surface area contributed by atoms with Crippen LogP contribution in [0.15, 0.2) is 60.7 Å². The lowest BCUT2D eigenvalue weighted by atomic mass is 10.0. The van der Waals surface area contributed by atoms with Gasteiger partial charge in [-0.1, -0.05) is 56.3 Å². The first kappa shape index (κ1) is 16.9. The van der Waals surface area contributed by atoms with E-state index in [2.05, 4.69) is 53.9 Å². The molecule has 0 amide bonds. The summed E-state index contributed by atoms with van der Waals surface area (Å²) in [6.07, 6.45) is 2.46. The standard InChI is InChI=1S/C23H25FN2/c1-17(2)22-16-21(18-10-12-20(24)13-11-18)23(19-8-4-3-5-9-19)26(22)25-14-6-7-15-25/h3-5,8-13,16-17H,6-7,14-15H2,1-2H3. The van der Waals surface area contributed by atoms with Crippen LogP contribution >= 0.6 is 0 Å². The van der Waals surface area contributed by atoms with Gasteiger partial charge >= 0.3 is 0 Å². The van der Waals surface area contributed by atoms with E-state index in [0.29, 0.717) is 5.92 Å². The number of hydrogen-bond donors (Lipinski definition) is 0. The summed E-state index contributed by atoms with van der Waals surface area (Å²) in [7, 11) is 0. The van der Waals surface area contributed by atoms with Crippen LogP contribution in [0.1, 0.15) is 38.3 Å². The highest BCUT2D eigenvalue weighted by molar-refractivity contribution is 5.83. The molecule has 0 N–H and O–H groups in total. The van der Waals surface area contributed by atoms with E-state index in [9.17, 15) is 4.39 Å². The Morgan fingerprint density at radius 2 is 1.50 bits per heavy atom. The zero-order valence-electron chi connectivity index (χ0n) is 15.5. The quantitative estimate of drug-likeness (QED) is 0.577. The van der Waals surface area contributed by atoms with Gasteiger partial charge in [0.05, 0.1) is 5.69 Å². The minimum absolute atomic E-state index is 0.196. The lowest BCUT2D eigenvalue weighted by Crippen LogP contribution is -2.33. The summed E-state index contributed by atoms with van der Waals surface area (Å²) in [6.45, 7) is 6.64. The molecule has 1 aliphatic heterocycles. The van der Waals surface area contributed by atoms with Gasteiger partial charge in [-0.05, 0) is 42.5 Å². The van der Waals surface area contributed by atoms with Crippen molar-refractivity contribution in [2.75, 3.05) is 18.1 Å². The molecule has 0 saturated carbocycles. The van der Waals surface area contributed by atoms with E-state index in [1.807, 2.05) is 18.2 Å². The number of benzene rings is 2. The third kappa shape index (κ3) is 3.03. The van der Waals surface area contributed by atoms with Gasteiger partial charge in [0, 0.05) is 29.9 Å². The van der Waals surface area contributed by atoms with Crippen LogP contribution in [0.4, 0.5) is 4.39 Å². The van der Waals surface area contributed by atoms with E-state index >= 15 is 0 Å². The summed E-state index contributed by atoms with van der Waals surface area (Å²) in [4.78, 5) is 0. The molecule has 26 heavy (non-hydrogen) atoms. The molecule has 1 fully saturated rings. The fourth-order valence-electron chi connectivity index (χ4n) is 3.86. The lowest BCUT2D eigenvalue weighted by molar-refractivity contribution is 0.618. The zero-order valence-corrected chi connectivity index (χ0v) is 15.5. The Hall–Kier alpha value is -2.55. The van der Waals surface area contributed by atoms with Crippen LogP contribution in [-0.4, -0.2) is 17.8 Å². The van der Waals surface area contributed by atoms with E-state index in [-0.39, 0.29) is 5.82 Å². The van der Waals surface area contributed by atoms with Crippen molar-refractivity contribution in [3.63, 3.8) is 0 Å². The molecular weight excluding hydrogens is 323 g/mol. The van der Waals surface area contributed by atoms with Crippen molar-refractivity contribution in [3.8, 4) is 22.4 Å². The largest absolute Gasteiger partial charge is 0.313 e. The maximum absolute atomic E-state index is 13.5. The fraction of sp³-hybridized carbons (Fsp3) is 0.304. The average molecular weight is 348 g/mol. The summed E-state index contributed by atoms with van der Waals surface area (Å²) in [6, 6.07) is 19.7. The van der Waals surface area contributed by atoms with Gasteiger partial charge < -0.3 is 5.01 Å². The molecule has 2 aromatic carbocycles. The molecule has 3 heteroatoms. The monoisotopic (exact) mass is 348 g/mol. The fourth-order valence-corrected chi connectivity index (χ4v) is 3.86. The van der Waals surface area contributed by atoms with Crippen LogP contribution in [0.3, 0.4) is 0 Å². The van der Waals surface area contributed by atoms with Crippen molar-refractivity contribution >= 4 is 0 Å². The first-order valence-corrected chi connectivity index (χ1v) is 9.47. The summed E-state index contributed by atoms with van der Waals surface area (Å²) >= 11 is 0. The number of aromatic nitrogens is 1. The molecule has 1 aliphatic rings. The second-order valence-electron chi connectivity index (χ2n) is 7.33. The lowest BCUT2D eigenvalue weighted by Gasteiger charge is -2.27. The van der Waals surface area contributed by atoms with Crippen molar-refractivity contribution in [3.05, 3.63) is 72.2 Å². The first-order valence-electron chi connectivity index (χ1n) is 9.47. The summed E-state index contributed by atoms with van der Waals surface area (Å²) in [5.74, 6) is 0.213. The minimum Gasteiger partial charge on any atom is -0.313 e. The van der Waals surface area contributed by atoms with Gasteiger partial charge in [0.1, 0.15) is 5.82 Å². The maximum Gasteiger partial charge on any atom is 0.123 e. The molecular formula is C23H25FN2. The molecule has 134 valence electrons. The van der Waals surface area contributed by atoms with Gasteiger partial charge in [0.15, 0.2) is 0 Å². The molecule has 2 heterocycles. The number of halogens is 1. The zero-order chi connectivity index (χ0) is 18.1.